The van der Waals surface area contributed by atoms with Crippen LogP contribution >= 0.6 is 0 Å². The highest BCUT2D eigenvalue weighted by Crippen LogP contribution is 2.62. The third-order valence-corrected chi connectivity index (χ3v) is 7.41. The molecule has 0 aliphatic heterocycles. The molecule has 1 unspecified atom stereocenters. The predicted octanol–water partition coefficient (Wildman–Crippen LogP) is 5.05. The Morgan fingerprint density at radius 1 is 1.48 bits per heavy atom. The summed E-state index contributed by atoms with van der Waals surface area (Å²) in [5, 5.41) is 10.4. The van der Waals surface area contributed by atoms with Gasteiger partial charge in [0.05, 0.1) is 5.60 Å². The van der Waals surface area contributed by atoms with Gasteiger partial charge in [0.25, 0.3) is 0 Å². The predicted molar refractivity (Wildman–Crippen MR) is 102 cm³/mol. The maximum atomic E-state index is 11.3. The highest BCUT2D eigenvalue weighted by Gasteiger charge is 2.54. The van der Waals surface area contributed by atoms with E-state index in [0.29, 0.717) is 18.4 Å². The maximum absolute atomic E-state index is 11.3. The molecule has 25 heavy (non-hydrogen) atoms. The van der Waals surface area contributed by atoms with Crippen molar-refractivity contribution in [2.45, 2.75) is 78.7 Å². The van der Waals surface area contributed by atoms with Gasteiger partial charge < -0.3 is 9.84 Å². The second kappa shape index (κ2) is 7.26. The van der Waals surface area contributed by atoms with E-state index >= 15 is 0 Å². The Bertz CT molecular complexity index is 547. The Morgan fingerprint density at radius 3 is 2.76 bits per heavy atom. The Hall–Kier alpha value is -1.09. The van der Waals surface area contributed by atoms with Gasteiger partial charge in [0, 0.05) is 6.92 Å². The summed E-state index contributed by atoms with van der Waals surface area (Å²) in [6.07, 6.45) is 10.3. The van der Waals surface area contributed by atoms with Gasteiger partial charge in [-0.2, -0.15) is 0 Å². The molecular formula is C22H36O3. The number of hydrogen-bond acceptors (Lipinski definition) is 3. The van der Waals surface area contributed by atoms with Gasteiger partial charge in [-0.1, -0.05) is 32.9 Å². The van der Waals surface area contributed by atoms with Crippen molar-refractivity contribution in [1.82, 2.24) is 0 Å². The zero-order valence-electron chi connectivity index (χ0n) is 16.7. The van der Waals surface area contributed by atoms with Crippen molar-refractivity contribution in [1.29, 1.82) is 0 Å². The molecule has 1 saturated carbocycles. The van der Waals surface area contributed by atoms with Crippen LogP contribution in [-0.2, 0) is 9.53 Å². The molecular weight excluding hydrogens is 312 g/mol. The van der Waals surface area contributed by atoms with Crippen LogP contribution in [0.4, 0.5) is 0 Å². The summed E-state index contributed by atoms with van der Waals surface area (Å²) in [5.41, 5.74) is 0.763. The smallest absolute Gasteiger partial charge is 0.302 e. The molecule has 0 spiro atoms. The molecule has 0 bridgehead atoms. The Balaban J connectivity index is 2.26. The van der Waals surface area contributed by atoms with Crippen molar-refractivity contribution in [2.24, 2.45) is 22.7 Å². The number of rotatable bonds is 6. The molecule has 2 aliphatic rings. The van der Waals surface area contributed by atoms with E-state index < -0.39 is 5.60 Å². The maximum Gasteiger partial charge on any atom is 0.302 e. The summed E-state index contributed by atoms with van der Waals surface area (Å²) in [6, 6.07) is 0. The average molecular weight is 349 g/mol. The van der Waals surface area contributed by atoms with Crippen LogP contribution in [0.15, 0.2) is 24.3 Å². The van der Waals surface area contributed by atoms with Crippen molar-refractivity contribution < 1.29 is 14.6 Å². The minimum Gasteiger partial charge on any atom is -0.461 e. The molecule has 0 heterocycles. The van der Waals surface area contributed by atoms with Gasteiger partial charge in [-0.05, 0) is 73.7 Å². The highest BCUT2D eigenvalue weighted by atomic mass is 16.5. The van der Waals surface area contributed by atoms with Crippen molar-refractivity contribution >= 4 is 5.97 Å². The minimum atomic E-state index is -0.804. The molecule has 2 rings (SSSR count). The molecule has 0 aromatic rings. The van der Waals surface area contributed by atoms with Crippen molar-refractivity contribution in [3.8, 4) is 0 Å². The molecule has 3 nitrogen and oxygen atoms in total. The van der Waals surface area contributed by atoms with E-state index in [1.807, 2.05) is 6.92 Å². The Kier molecular flexibility index (Phi) is 5.88. The summed E-state index contributed by atoms with van der Waals surface area (Å²) in [6.45, 7) is 14.7. The molecule has 1 N–H and O–H groups in total. The molecule has 3 heteroatoms. The second-order valence-electron chi connectivity index (χ2n) is 9.06. The number of carbonyl (C=O) groups excluding carboxylic acids is 1. The third-order valence-electron chi connectivity index (χ3n) is 7.41. The molecule has 2 aliphatic carbocycles. The molecule has 0 aromatic carbocycles. The fraction of sp³-hybridized carbons (Fsp3) is 0.773. The van der Waals surface area contributed by atoms with Crippen LogP contribution in [0.1, 0.15) is 73.1 Å². The van der Waals surface area contributed by atoms with Gasteiger partial charge in [-0.3, -0.25) is 4.79 Å². The fourth-order valence-corrected chi connectivity index (χ4v) is 5.23. The molecule has 142 valence electrons. The van der Waals surface area contributed by atoms with Crippen LogP contribution in [0.3, 0.4) is 0 Å². The van der Waals surface area contributed by atoms with E-state index in [2.05, 4.69) is 33.4 Å². The van der Waals surface area contributed by atoms with Gasteiger partial charge in [-0.25, -0.2) is 0 Å². The first-order valence-corrected chi connectivity index (χ1v) is 9.74. The topological polar surface area (TPSA) is 46.5 Å². The Labute approximate surface area is 153 Å². The van der Waals surface area contributed by atoms with Crippen LogP contribution in [-0.4, -0.2) is 23.3 Å². The monoisotopic (exact) mass is 348 g/mol. The Morgan fingerprint density at radius 2 is 2.16 bits per heavy atom. The van der Waals surface area contributed by atoms with Crippen LogP contribution in [0.5, 0.6) is 0 Å². The number of aliphatic hydroxyl groups is 1. The molecule has 0 aromatic heterocycles. The van der Waals surface area contributed by atoms with E-state index in [1.54, 1.807) is 6.08 Å². The fourth-order valence-electron chi connectivity index (χ4n) is 5.23. The molecule has 1 fully saturated rings. The number of allylic oxidation sites excluding steroid dienone is 1. The summed E-state index contributed by atoms with van der Waals surface area (Å²) >= 11 is 0. The van der Waals surface area contributed by atoms with Gasteiger partial charge in [-0.15, -0.1) is 6.58 Å². The van der Waals surface area contributed by atoms with Gasteiger partial charge in [0.1, 0.15) is 6.61 Å². The molecule has 0 radical (unpaired) electrons. The first-order valence-electron chi connectivity index (χ1n) is 9.74. The van der Waals surface area contributed by atoms with E-state index in [-0.39, 0.29) is 16.8 Å². The molecule has 0 amide bonds. The summed E-state index contributed by atoms with van der Waals surface area (Å²) in [5.74, 6) is 0.972. The van der Waals surface area contributed by atoms with Gasteiger partial charge in [0.15, 0.2) is 0 Å². The van der Waals surface area contributed by atoms with Crippen molar-refractivity contribution in [3.05, 3.63) is 24.3 Å². The first kappa shape index (κ1) is 20.2. The van der Waals surface area contributed by atoms with E-state index in [4.69, 9.17) is 4.74 Å². The largest absolute Gasteiger partial charge is 0.461 e. The molecule has 5 atom stereocenters. The van der Waals surface area contributed by atoms with Crippen LogP contribution < -0.4 is 0 Å². The zero-order valence-corrected chi connectivity index (χ0v) is 16.7. The number of carbonyl (C=O) groups is 1. The number of fused-ring (bicyclic) bond motifs is 1. The first-order chi connectivity index (χ1) is 11.5. The average Bonchev–Trinajstić information content (AvgIpc) is 2.55. The standard InChI is InChI=1S/C22H36O3/c1-7-20(4,24)13-14-21(5)16(2)11-12-22(6)18(15-25-17(3)23)9-8-10-19(21)22/h7,9,16,19,24H,1,8,10-15H2,2-6H3/t16-,19-,20?,21+,22-/m1/s1. The quantitative estimate of drug-likeness (QED) is 0.540. The lowest BCUT2D eigenvalue weighted by Crippen LogP contribution is -2.51. The molecule has 0 saturated heterocycles. The van der Waals surface area contributed by atoms with E-state index in [9.17, 15) is 9.90 Å². The van der Waals surface area contributed by atoms with Crippen LogP contribution in [0, 0.1) is 22.7 Å². The highest BCUT2D eigenvalue weighted by molar-refractivity contribution is 5.66. The van der Waals surface area contributed by atoms with Gasteiger partial charge in [0.2, 0.25) is 0 Å². The zero-order chi connectivity index (χ0) is 18.9. The summed E-state index contributed by atoms with van der Waals surface area (Å²) in [7, 11) is 0. The summed E-state index contributed by atoms with van der Waals surface area (Å²) < 4.78 is 5.36. The number of esters is 1. The second-order valence-corrected chi connectivity index (χ2v) is 9.06. The lowest BCUT2D eigenvalue weighted by atomic mass is 9.46. The van der Waals surface area contributed by atoms with Gasteiger partial charge >= 0.3 is 5.97 Å². The number of ether oxygens (including phenoxy) is 1. The lowest BCUT2D eigenvalue weighted by molar-refractivity contribution is -0.141. The van der Waals surface area contributed by atoms with Crippen molar-refractivity contribution in [3.63, 3.8) is 0 Å². The third kappa shape index (κ3) is 4.02. The van der Waals surface area contributed by atoms with E-state index in [1.165, 1.54) is 25.3 Å². The minimum absolute atomic E-state index is 0.0923. The van der Waals surface area contributed by atoms with Crippen molar-refractivity contribution in [2.75, 3.05) is 6.61 Å². The SMILES string of the molecule is C=CC(C)(O)CC[C@@]1(C)[C@H](C)CC[C@]2(C)C(COC(C)=O)=CCC[C@H]12. The normalized spacial score (nSPS) is 37.4. The van der Waals surface area contributed by atoms with E-state index in [0.717, 1.165) is 25.7 Å². The number of hydrogen-bond donors (Lipinski definition) is 1. The van der Waals surface area contributed by atoms with Crippen LogP contribution in [0.25, 0.3) is 0 Å². The lowest BCUT2D eigenvalue weighted by Gasteiger charge is -2.58. The summed E-state index contributed by atoms with van der Waals surface area (Å²) in [4.78, 5) is 11.3. The van der Waals surface area contributed by atoms with Crippen LogP contribution in [0.2, 0.25) is 0 Å².